The number of carbonyl (C=O) groups is 2. The molecular formula is C14H17N3O2. The molecule has 1 aliphatic heterocycles. The van der Waals surface area contributed by atoms with Crippen LogP contribution in [0, 0.1) is 6.92 Å². The van der Waals surface area contributed by atoms with Gasteiger partial charge in [-0.2, -0.15) is 0 Å². The Morgan fingerprint density at radius 1 is 1.47 bits per heavy atom. The van der Waals surface area contributed by atoms with Gasteiger partial charge < -0.3 is 16.0 Å². The maximum absolute atomic E-state index is 12.1. The van der Waals surface area contributed by atoms with Crippen molar-refractivity contribution in [2.75, 3.05) is 11.4 Å². The number of nitrogens with two attached hydrogens (primary N) is 1. The molecule has 0 aromatic heterocycles. The summed E-state index contributed by atoms with van der Waals surface area (Å²) in [6, 6.07) is 5.35. The largest absolute Gasteiger partial charge is 0.352 e. The first-order chi connectivity index (χ1) is 9.06. The Hall–Kier alpha value is -1.88. The molecule has 0 spiro atoms. The number of anilines is 1. The number of hydrogen-bond acceptors (Lipinski definition) is 3. The Morgan fingerprint density at radius 2 is 2.21 bits per heavy atom. The summed E-state index contributed by atoms with van der Waals surface area (Å²) in [4.78, 5) is 25.4. The minimum absolute atomic E-state index is 0.0547. The number of benzene rings is 1. The Balaban J connectivity index is 1.82. The predicted octanol–water partition coefficient (Wildman–Crippen LogP) is 0.620. The van der Waals surface area contributed by atoms with Gasteiger partial charge in [-0.15, -0.1) is 0 Å². The summed E-state index contributed by atoms with van der Waals surface area (Å²) in [5, 5.41) is 2.88. The molecule has 1 unspecified atom stereocenters. The van der Waals surface area contributed by atoms with Crippen molar-refractivity contribution in [1.82, 2.24) is 5.32 Å². The Labute approximate surface area is 111 Å². The molecule has 0 saturated heterocycles. The number of carbonyl (C=O) groups excluding carboxylic acids is 2. The van der Waals surface area contributed by atoms with Crippen LogP contribution in [0.15, 0.2) is 18.2 Å². The summed E-state index contributed by atoms with van der Waals surface area (Å²) in [5.74, 6) is -0.317. The van der Waals surface area contributed by atoms with Crippen LogP contribution < -0.4 is 16.0 Å². The van der Waals surface area contributed by atoms with Crippen molar-refractivity contribution in [3.63, 3.8) is 0 Å². The van der Waals surface area contributed by atoms with E-state index in [9.17, 15) is 9.59 Å². The molecule has 2 amide bonds. The number of aryl methyl sites for hydroxylation is 1. The Kier molecular flexibility index (Phi) is 2.78. The average molecular weight is 259 g/mol. The fraction of sp³-hybridized carbons (Fsp3) is 0.429. The molecule has 3 rings (SSSR count). The van der Waals surface area contributed by atoms with Crippen LogP contribution in [-0.4, -0.2) is 24.4 Å². The van der Waals surface area contributed by atoms with Gasteiger partial charge in [0.15, 0.2) is 0 Å². The summed E-state index contributed by atoms with van der Waals surface area (Å²) < 4.78 is 0. The lowest BCUT2D eigenvalue weighted by atomic mass is 10.1. The van der Waals surface area contributed by atoms with Gasteiger partial charge in [0, 0.05) is 17.3 Å². The van der Waals surface area contributed by atoms with Gasteiger partial charge in [0.1, 0.15) is 12.6 Å². The number of nitrogens with one attached hydrogen (secondary N) is 1. The van der Waals surface area contributed by atoms with Crippen molar-refractivity contribution in [2.45, 2.75) is 31.8 Å². The molecule has 19 heavy (non-hydrogen) atoms. The molecule has 2 aliphatic rings. The highest BCUT2D eigenvalue weighted by Gasteiger charge is 2.36. The smallest absolute Gasteiger partial charge is 0.249 e. The van der Waals surface area contributed by atoms with Crippen molar-refractivity contribution < 1.29 is 9.59 Å². The van der Waals surface area contributed by atoms with Gasteiger partial charge in [-0.05, 0) is 25.8 Å². The fourth-order valence-electron chi connectivity index (χ4n) is 2.40. The van der Waals surface area contributed by atoms with Crippen LogP contribution in [-0.2, 0) is 9.59 Å². The van der Waals surface area contributed by atoms with Crippen molar-refractivity contribution >= 4 is 17.5 Å². The van der Waals surface area contributed by atoms with E-state index in [0.717, 1.165) is 29.7 Å². The highest BCUT2D eigenvalue weighted by Crippen LogP contribution is 2.34. The van der Waals surface area contributed by atoms with E-state index in [0.29, 0.717) is 6.04 Å². The molecule has 5 nitrogen and oxygen atoms in total. The van der Waals surface area contributed by atoms with Gasteiger partial charge in [0.2, 0.25) is 11.8 Å². The monoisotopic (exact) mass is 259 g/mol. The maximum Gasteiger partial charge on any atom is 0.249 e. The van der Waals surface area contributed by atoms with Crippen molar-refractivity contribution in [2.24, 2.45) is 5.73 Å². The number of amides is 2. The second kappa shape index (κ2) is 4.35. The normalized spacial score (nSPS) is 21.5. The quantitative estimate of drug-likeness (QED) is 0.835. The molecule has 1 aromatic carbocycles. The van der Waals surface area contributed by atoms with Gasteiger partial charge in [-0.25, -0.2) is 0 Å². The van der Waals surface area contributed by atoms with Gasteiger partial charge in [-0.1, -0.05) is 17.7 Å². The summed E-state index contributed by atoms with van der Waals surface area (Å²) >= 11 is 0. The van der Waals surface area contributed by atoms with E-state index < -0.39 is 6.04 Å². The summed E-state index contributed by atoms with van der Waals surface area (Å²) in [6.45, 7) is 2.01. The topological polar surface area (TPSA) is 75.4 Å². The molecule has 1 aromatic rings. The lowest BCUT2D eigenvalue weighted by Gasteiger charge is -2.17. The first-order valence-electron chi connectivity index (χ1n) is 6.53. The van der Waals surface area contributed by atoms with Crippen molar-refractivity contribution in [3.05, 3.63) is 29.3 Å². The second-order valence-corrected chi connectivity index (χ2v) is 5.31. The molecule has 0 radical (unpaired) electrons. The van der Waals surface area contributed by atoms with E-state index >= 15 is 0 Å². The molecule has 1 atom stereocenters. The first-order valence-corrected chi connectivity index (χ1v) is 6.53. The van der Waals surface area contributed by atoms with E-state index in [1.165, 1.54) is 4.90 Å². The van der Waals surface area contributed by atoms with Gasteiger partial charge in [0.05, 0.1) is 0 Å². The fourth-order valence-corrected chi connectivity index (χ4v) is 2.40. The van der Waals surface area contributed by atoms with Gasteiger partial charge in [0.25, 0.3) is 0 Å². The van der Waals surface area contributed by atoms with Gasteiger partial charge in [-0.3, -0.25) is 9.59 Å². The summed E-state index contributed by atoms with van der Waals surface area (Å²) in [6.07, 6.45) is 2.07. The number of fused-ring (bicyclic) bond motifs is 1. The van der Waals surface area contributed by atoms with Crippen molar-refractivity contribution in [3.8, 4) is 0 Å². The van der Waals surface area contributed by atoms with E-state index in [-0.39, 0.29) is 18.4 Å². The van der Waals surface area contributed by atoms with Gasteiger partial charge >= 0.3 is 0 Å². The van der Waals surface area contributed by atoms with E-state index in [2.05, 4.69) is 5.32 Å². The minimum Gasteiger partial charge on any atom is -0.352 e. The minimum atomic E-state index is -0.649. The van der Waals surface area contributed by atoms with Crippen molar-refractivity contribution in [1.29, 1.82) is 0 Å². The van der Waals surface area contributed by atoms with E-state index in [1.807, 2.05) is 25.1 Å². The van der Waals surface area contributed by atoms with Crippen LogP contribution >= 0.6 is 0 Å². The third-order valence-electron chi connectivity index (χ3n) is 3.59. The average Bonchev–Trinajstić information content (AvgIpc) is 3.14. The SMILES string of the molecule is Cc1ccc2c(c1)C(N)C(=O)N2CC(=O)NC1CC1. The Bertz CT molecular complexity index is 552. The first kappa shape index (κ1) is 12.2. The molecule has 1 aliphatic carbocycles. The predicted molar refractivity (Wildman–Crippen MR) is 71.6 cm³/mol. The summed E-state index contributed by atoms with van der Waals surface area (Å²) in [5.41, 5.74) is 8.54. The molecule has 5 heteroatoms. The molecule has 1 saturated carbocycles. The molecule has 100 valence electrons. The van der Waals surface area contributed by atoms with Crippen LogP contribution in [0.3, 0.4) is 0 Å². The highest BCUT2D eigenvalue weighted by atomic mass is 16.2. The zero-order valence-corrected chi connectivity index (χ0v) is 10.8. The van der Waals surface area contributed by atoms with E-state index in [4.69, 9.17) is 5.73 Å². The zero-order valence-electron chi connectivity index (χ0n) is 10.8. The molecular weight excluding hydrogens is 242 g/mol. The lowest BCUT2D eigenvalue weighted by molar-refractivity contribution is -0.124. The molecule has 1 fully saturated rings. The Morgan fingerprint density at radius 3 is 2.89 bits per heavy atom. The molecule has 0 bridgehead atoms. The standard InChI is InChI=1S/C14H17N3O2/c1-8-2-5-11-10(6-8)13(15)14(19)17(11)7-12(18)16-9-3-4-9/h2,5-6,9,13H,3-4,7,15H2,1H3,(H,16,18). The van der Waals surface area contributed by atoms with Crippen LogP contribution in [0.1, 0.15) is 30.0 Å². The third-order valence-corrected chi connectivity index (χ3v) is 3.59. The molecule has 1 heterocycles. The van der Waals surface area contributed by atoms with Crippen LogP contribution in [0.25, 0.3) is 0 Å². The third kappa shape index (κ3) is 2.21. The molecule has 3 N–H and O–H groups in total. The van der Waals surface area contributed by atoms with Crippen LogP contribution in [0.2, 0.25) is 0 Å². The highest BCUT2D eigenvalue weighted by molar-refractivity contribution is 6.07. The maximum atomic E-state index is 12.1. The number of nitrogens with zero attached hydrogens (tertiary/aromatic N) is 1. The number of rotatable bonds is 3. The lowest BCUT2D eigenvalue weighted by Crippen LogP contribution is -2.41. The second-order valence-electron chi connectivity index (χ2n) is 5.31. The summed E-state index contributed by atoms with van der Waals surface area (Å²) in [7, 11) is 0. The zero-order chi connectivity index (χ0) is 13.6. The van der Waals surface area contributed by atoms with Crippen LogP contribution in [0.5, 0.6) is 0 Å². The van der Waals surface area contributed by atoms with E-state index in [1.54, 1.807) is 0 Å². The number of hydrogen-bond donors (Lipinski definition) is 2. The van der Waals surface area contributed by atoms with Crippen LogP contribution in [0.4, 0.5) is 5.69 Å².